The number of aliphatic hydroxyl groups excluding tert-OH is 1. The SMILES string of the molecule is CC(C)(C)C1CCC(C(O)Cc2sccc2Br)CC1. The van der Waals surface area contributed by atoms with Gasteiger partial charge in [-0.15, -0.1) is 11.3 Å². The van der Waals surface area contributed by atoms with Gasteiger partial charge < -0.3 is 5.11 Å². The van der Waals surface area contributed by atoms with Crippen LogP contribution in [0.15, 0.2) is 15.9 Å². The van der Waals surface area contributed by atoms with Crippen molar-refractivity contribution < 1.29 is 5.11 Å². The lowest BCUT2D eigenvalue weighted by molar-refractivity contribution is 0.0541. The van der Waals surface area contributed by atoms with Crippen LogP contribution in [-0.2, 0) is 6.42 Å². The molecule has 1 nitrogen and oxygen atoms in total. The van der Waals surface area contributed by atoms with Crippen molar-refractivity contribution in [3.8, 4) is 0 Å². The third-order valence-electron chi connectivity index (χ3n) is 4.63. The molecule has 2 rings (SSSR count). The van der Waals surface area contributed by atoms with Gasteiger partial charge in [-0.3, -0.25) is 0 Å². The molecular formula is C16H25BrOS. The van der Waals surface area contributed by atoms with Gasteiger partial charge in [-0.25, -0.2) is 0 Å². The minimum Gasteiger partial charge on any atom is -0.392 e. The molecule has 3 heteroatoms. The molecule has 0 bridgehead atoms. The van der Waals surface area contributed by atoms with Crippen molar-refractivity contribution in [2.45, 2.75) is 59.0 Å². The summed E-state index contributed by atoms with van der Waals surface area (Å²) in [5.41, 5.74) is 0.423. The first-order valence-corrected chi connectivity index (χ1v) is 8.95. The maximum atomic E-state index is 10.4. The molecule has 0 amide bonds. The van der Waals surface area contributed by atoms with Crippen LogP contribution in [0, 0.1) is 17.3 Å². The van der Waals surface area contributed by atoms with E-state index in [-0.39, 0.29) is 6.10 Å². The van der Waals surface area contributed by atoms with E-state index in [1.54, 1.807) is 11.3 Å². The molecule has 0 spiro atoms. The zero-order valence-electron chi connectivity index (χ0n) is 12.2. The third-order valence-corrected chi connectivity index (χ3v) is 6.57. The fourth-order valence-electron chi connectivity index (χ4n) is 3.20. The van der Waals surface area contributed by atoms with Crippen LogP contribution in [0.5, 0.6) is 0 Å². The lowest BCUT2D eigenvalue weighted by atomic mass is 9.68. The molecule has 0 saturated heterocycles. The molecule has 108 valence electrons. The second-order valence-corrected chi connectivity index (χ2v) is 8.80. The van der Waals surface area contributed by atoms with Gasteiger partial charge in [0.1, 0.15) is 0 Å². The first-order valence-electron chi connectivity index (χ1n) is 7.28. The van der Waals surface area contributed by atoms with Crippen LogP contribution < -0.4 is 0 Å². The van der Waals surface area contributed by atoms with E-state index in [1.807, 2.05) is 0 Å². The molecule has 1 saturated carbocycles. The second-order valence-electron chi connectivity index (χ2n) is 6.94. The van der Waals surface area contributed by atoms with Crippen LogP contribution in [0.1, 0.15) is 51.3 Å². The van der Waals surface area contributed by atoms with E-state index in [4.69, 9.17) is 0 Å². The highest BCUT2D eigenvalue weighted by atomic mass is 79.9. The van der Waals surface area contributed by atoms with Crippen molar-refractivity contribution in [1.29, 1.82) is 0 Å². The van der Waals surface area contributed by atoms with Crippen molar-refractivity contribution in [1.82, 2.24) is 0 Å². The normalized spacial score (nSPS) is 26.4. The Kier molecular flexibility index (Phi) is 5.13. The average Bonchev–Trinajstić information content (AvgIpc) is 2.74. The van der Waals surface area contributed by atoms with Gasteiger partial charge in [-0.05, 0) is 70.3 Å². The van der Waals surface area contributed by atoms with Crippen molar-refractivity contribution in [2.75, 3.05) is 0 Å². The van der Waals surface area contributed by atoms with E-state index >= 15 is 0 Å². The molecule has 1 heterocycles. The van der Waals surface area contributed by atoms with Crippen LogP contribution in [0.25, 0.3) is 0 Å². The standard InChI is InChI=1S/C16H25BrOS/c1-16(2,3)12-6-4-11(5-7-12)14(18)10-15-13(17)8-9-19-15/h8-9,11-12,14,18H,4-7,10H2,1-3H3. The summed E-state index contributed by atoms with van der Waals surface area (Å²) in [7, 11) is 0. The molecule has 1 N–H and O–H groups in total. The summed E-state index contributed by atoms with van der Waals surface area (Å²) in [4.78, 5) is 1.28. The summed E-state index contributed by atoms with van der Waals surface area (Å²) in [6.45, 7) is 7.03. The van der Waals surface area contributed by atoms with Crippen molar-refractivity contribution in [2.24, 2.45) is 17.3 Å². The summed E-state index contributed by atoms with van der Waals surface area (Å²) in [6.07, 6.45) is 5.56. The first-order chi connectivity index (χ1) is 8.88. The Hall–Kier alpha value is 0.140. The van der Waals surface area contributed by atoms with Gasteiger partial charge in [0, 0.05) is 15.8 Å². The molecule has 1 unspecified atom stereocenters. The van der Waals surface area contributed by atoms with Gasteiger partial charge in [0.2, 0.25) is 0 Å². The minimum atomic E-state index is -0.170. The summed E-state index contributed by atoms with van der Waals surface area (Å²) < 4.78 is 1.15. The minimum absolute atomic E-state index is 0.170. The number of hydrogen-bond acceptors (Lipinski definition) is 2. The Morgan fingerprint density at radius 3 is 2.42 bits per heavy atom. The Balaban J connectivity index is 1.86. The maximum absolute atomic E-state index is 10.4. The monoisotopic (exact) mass is 344 g/mol. The fourth-order valence-corrected chi connectivity index (χ4v) is 4.76. The predicted molar refractivity (Wildman–Crippen MR) is 86.6 cm³/mol. The first kappa shape index (κ1) is 15.5. The van der Waals surface area contributed by atoms with Crippen LogP contribution >= 0.6 is 27.3 Å². The number of thiophene rings is 1. The molecular weight excluding hydrogens is 320 g/mol. The van der Waals surface area contributed by atoms with Crippen molar-refractivity contribution in [3.63, 3.8) is 0 Å². The van der Waals surface area contributed by atoms with Crippen LogP contribution in [-0.4, -0.2) is 11.2 Å². The molecule has 1 fully saturated rings. The number of aliphatic hydroxyl groups is 1. The zero-order chi connectivity index (χ0) is 14.0. The van der Waals surface area contributed by atoms with Gasteiger partial charge in [-0.1, -0.05) is 20.8 Å². The van der Waals surface area contributed by atoms with Gasteiger partial charge in [0.05, 0.1) is 6.10 Å². The zero-order valence-corrected chi connectivity index (χ0v) is 14.6. The molecule has 1 atom stereocenters. The number of hydrogen-bond donors (Lipinski definition) is 1. The van der Waals surface area contributed by atoms with Crippen LogP contribution in [0.3, 0.4) is 0 Å². The largest absolute Gasteiger partial charge is 0.392 e. The Bertz CT molecular complexity index is 399. The maximum Gasteiger partial charge on any atom is 0.0616 e. The topological polar surface area (TPSA) is 20.2 Å². The molecule has 1 aromatic heterocycles. The molecule has 1 aliphatic carbocycles. The van der Waals surface area contributed by atoms with E-state index in [9.17, 15) is 5.11 Å². The van der Waals surface area contributed by atoms with Crippen LogP contribution in [0.2, 0.25) is 0 Å². The highest BCUT2D eigenvalue weighted by Crippen LogP contribution is 2.41. The molecule has 1 aromatic rings. The summed E-state index contributed by atoms with van der Waals surface area (Å²) >= 11 is 5.29. The number of halogens is 1. The molecule has 1 aliphatic rings. The van der Waals surface area contributed by atoms with Crippen LogP contribution in [0.4, 0.5) is 0 Å². The Morgan fingerprint density at radius 2 is 1.95 bits per heavy atom. The average molecular weight is 345 g/mol. The summed E-state index contributed by atoms with van der Waals surface area (Å²) in [5.74, 6) is 1.32. The summed E-state index contributed by atoms with van der Waals surface area (Å²) in [5, 5.41) is 12.5. The molecule has 19 heavy (non-hydrogen) atoms. The van der Waals surface area contributed by atoms with Gasteiger partial charge in [0.25, 0.3) is 0 Å². The van der Waals surface area contributed by atoms with Crippen molar-refractivity contribution >= 4 is 27.3 Å². The fraction of sp³-hybridized carbons (Fsp3) is 0.750. The summed E-state index contributed by atoms with van der Waals surface area (Å²) in [6, 6.07) is 2.07. The van der Waals surface area contributed by atoms with E-state index < -0.39 is 0 Å². The van der Waals surface area contributed by atoms with E-state index in [2.05, 4.69) is 48.1 Å². The second kappa shape index (κ2) is 6.28. The Morgan fingerprint density at radius 1 is 1.32 bits per heavy atom. The molecule has 0 aliphatic heterocycles. The van der Waals surface area contributed by atoms with Crippen molar-refractivity contribution in [3.05, 3.63) is 20.8 Å². The van der Waals surface area contributed by atoms with E-state index in [0.29, 0.717) is 11.3 Å². The molecule has 0 aromatic carbocycles. The lowest BCUT2D eigenvalue weighted by Gasteiger charge is -2.38. The predicted octanol–water partition coefficient (Wildman–Crippen LogP) is 5.27. The Labute approximate surface area is 129 Å². The quantitative estimate of drug-likeness (QED) is 0.792. The molecule has 0 radical (unpaired) electrons. The smallest absolute Gasteiger partial charge is 0.0616 e. The number of rotatable bonds is 3. The third kappa shape index (κ3) is 4.05. The highest BCUT2D eigenvalue weighted by molar-refractivity contribution is 9.10. The van der Waals surface area contributed by atoms with Gasteiger partial charge >= 0.3 is 0 Å². The van der Waals surface area contributed by atoms with Gasteiger partial charge in [0.15, 0.2) is 0 Å². The lowest BCUT2D eigenvalue weighted by Crippen LogP contribution is -2.31. The van der Waals surface area contributed by atoms with E-state index in [0.717, 1.165) is 16.8 Å². The van der Waals surface area contributed by atoms with E-state index in [1.165, 1.54) is 30.6 Å². The van der Waals surface area contributed by atoms with Gasteiger partial charge in [-0.2, -0.15) is 0 Å². The highest BCUT2D eigenvalue weighted by Gasteiger charge is 2.32.